The molecule has 4 nitrogen and oxygen atoms in total. The molecule has 1 aromatic heterocycles. The summed E-state index contributed by atoms with van der Waals surface area (Å²) in [5.74, 6) is 0.926. The van der Waals surface area contributed by atoms with E-state index in [1.54, 1.807) is 11.6 Å². The number of rotatable bonds is 5. The van der Waals surface area contributed by atoms with Crippen molar-refractivity contribution in [2.45, 2.75) is 45.1 Å². The molecule has 0 aliphatic heterocycles. The minimum atomic E-state index is -2.93. The van der Waals surface area contributed by atoms with Crippen LogP contribution >= 0.6 is 12.2 Å². The van der Waals surface area contributed by atoms with Gasteiger partial charge in [0.2, 0.25) is 0 Å². The zero-order chi connectivity index (χ0) is 13.2. The van der Waals surface area contributed by atoms with Crippen molar-refractivity contribution in [1.82, 2.24) is 9.78 Å². The van der Waals surface area contributed by atoms with Crippen LogP contribution in [0.25, 0.3) is 0 Å². The maximum absolute atomic E-state index is 11.5. The number of H-pyrrole nitrogens is 1. The second-order valence-corrected chi connectivity index (χ2v) is 7.81. The van der Waals surface area contributed by atoms with E-state index in [2.05, 4.69) is 5.10 Å². The molecule has 1 saturated carbocycles. The van der Waals surface area contributed by atoms with Gasteiger partial charge in [0.15, 0.2) is 9.84 Å². The van der Waals surface area contributed by atoms with E-state index in [9.17, 15) is 8.42 Å². The van der Waals surface area contributed by atoms with Gasteiger partial charge >= 0.3 is 0 Å². The number of aryl methyl sites for hydroxylation is 1. The molecular formula is C12H20N2O2S2. The Morgan fingerprint density at radius 2 is 2.11 bits per heavy atom. The molecule has 0 unspecified atom stereocenters. The Labute approximate surface area is 113 Å². The van der Waals surface area contributed by atoms with E-state index in [0.717, 1.165) is 0 Å². The van der Waals surface area contributed by atoms with Gasteiger partial charge < -0.3 is 5.10 Å². The summed E-state index contributed by atoms with van der Waals surface area (Å²) >= 11 is 5.27. The van der Waals surface area contributed by atoms with Crippen LogP contribution in [0.4, 0.5) is 0 Å². The van der Waals surface area contributed by atoms with Crippen LogP contribution in [0, 0.1) is 4.64 Å². The maximum atomic E-state index is 11.5. The molecule has 0 radical (unpaired) electrons. The summed E-state index contributed by atoms with van der Waals surface area (Å²) in [6.07, 6.45) is 4.98. The van der Waals surface area contributed by atoms with Crippen LogP contribution in [0.2, 0.25) is 0 Å². The lowest BCUT2D eigenvalue weighted by atomic mass is 10.1. The summed E-state index contributed by atoms with van der Waals surface area (Å²) in [6, 6.07) is 1.99. The summed E-state index contributed by atoms with van der Waals surface area (Å²) in [7, 11) is -2.93. The Bertz CT molecular complexity index is 551. The fourth-order valence-corrected chi connectivity index (χ4v) is 3.45. The Balaban J connectivity index is 2.07. The van der Waals surface area contributed by atoms with Gasteiger partial charge in [-0.2, -0.15) is 0 Å². The zero-order valence-corrected chi connectivity index (χ0v) is 12.3. The number of aromatic nitrogens is 2. The molecule has 1 N–H and O–H groups in total. The first-order valence-corrected chi connectivity index (χ1v) is 8.75. The molecule has 1 heterocycles. The number of hydrogen-bond donors (Lipinski definition) is 1. The molecule has 6 heteroatoms. The molecule has 0 atom stereocenters. The standard InChI is InChI=1S/C12H20N2O2S2/c1-2-18(15,16)8-7-14-12(17)9-11(13-14)10-5-3-4-6-10/h9-10,13H,2-8H2,1H3. The van der Waals surface area contributed by atoms with Crippen LogP contribution in [0.3, 0.4) is 0 Å². The van der Waals surface area contributed by atoms with E-state index in [-0.39, 0.29) is 11.5 Å². The van der Waals surface area contributed by atoms with Crippen molar-refractivity contribution in [3.63, 3.8) is 0 Å². The minimum Gasteiger partial charge on any atom is -0.301 e. The second kappa shape index (κ2) is 5.57. The number of aromatic amines is 1. The normalized spacial score (nSPS) is 17.4. The lowest BCUT2D eigenvalue weighted by molar-refractivity contribution is 0.573. The van der Waals surface area contributed by atoms with Gasteiger partial charge in [-0.1, -0.05) is 32.0 Å². The van der Waals surface area contributed by atoms with Crippen LogP contribution < -0.4 is 0 Å². The molecule has 0 aromatic carbocycles. The van der Waals surface area contributed by atoms with Gasteiger partial charge in [0.1, 0.15) is 4.64 Å². The molecule has 2 rings (SSSR count). The summed E-state index contributed by atoms with van der Waals surface area (Å²) in [5.41, 5.74) is 1.17. The van der Waals surface area contributed by atoms with Crippen LogP contribution in [0.15, 0.2) is 6.07 Å². The molecule has 1 fully saturated rings. The smallest absolute Gasteiger partial charge is 0.151 e. The molecular weight excluding hydrogens is 268 g/mol. The summed E-state index contributed by atoms with van der Waals surface area (Å²) in [5, 5.41) is 3.27. The van der Waals surface area contributed by atoms with Crippen molar-refractivity contribution >= 4 is 22.1 Å². The molecule has 18 heavy (non-hydrogen) atoms. The monoisotopic (exact) mass is 288 g/mol. The average Bonchev–Trinajstić information content (AvgIpc) is 2.95. The molecule has 1 aromatic rings. The third-order valence-electron chi connectivity index (χ3n) is 3.67. The maximum Gasteiger partial charge on any atom is 0.151 e. The van der Waals surface area contributed by atoms with Gasteiger partial charge in [-0.15, -0.1) is 0 Å². The largest absolute Gasteiger partial charge is 0.301 e. The Hall–Kier alpha value is -0.620. The second-order valence-electron chi connectivity index (χ2n) is 4.92. The number of hydrogen-bond acceptors (Lipinski definition) is 3. The highest BCUT2D eigenvalue weighted by Crippen LogP contribution is 2.33. The third kappa shape index (κ3) is 3.23. The fraction of sp³-hybridized carbons (Fsp3) is 0.750. The average molecular weight is 288 g/mol. The topological polar surface area (TPSA) is 54.9 Å². The van der Waals surface area contributed by atoms with Crippen molar-refractivity contribution in [3.8, 4) is 0 Å². The first-order valence-electron chi connectivity index (χ1n) is 6.52. The lowest BCUT2D eigenvalue weighted by Gasteiger charge is -2.07. The van der Waals surface area contributed by atoms with Gasteiger partial charge in [-0.25, -0.2) is 8.42 Å². The van der Waals surface area contributed by atoms with Crippen LogP contribution in [-0.2, 0) is 16.4 Å². The van der Waals surface area contributed by atoms with E-state index in [1.165, 1.54) is 31.4 Å². The highest BCUT2D eigenvalue weighted by Gasteiger charge is 2.19. The van der Waals surface area contributed by atoms with Crippen molar-refractivity contribution < 1.29 is 8.42 Å². The van der Waals surface area contributed by atoms with Crippen molar-refractivity contribution in [1.29, 1.82) is 0 Å². The Morgan fingerprint density at radius 3 is 2.72 bits per heavy atom. The van der Waals surface area contributed by atoms with Crippen molar-refractivity contribution in [2.24, 2.45) is 0 Å². The number of sulfone groups is 1. The first-order chi connectivity index (χ1) is 8.52. The first kappa shape index (κ1) is 13.8. The third-order valence-corrected chi connectivity index (χ3v) is 5.69. The lowest BCUT2D eigenvalue weighted by Crippen LogP contribution is -2.15. The van der Waals surface area contributed by atoms with Gasteiger partial charge in [-0.05, 0) is 18.9 Å². The molecule has 102 valence electrons. The zero-order valence-electron chi connectivity index (χ0n) is 10.7. The minimum absolute atomic E-state index is 0.155. The molecule has 1 aliphatic rings. The molecule has 1 aliphatic carbocycles. The molecule has 0 saturated heterocycles. The summed E-state index contributed by atoms with van der Waals surface area (Å²) in [6.45, 7) is 2.11. The summed E-state index contributed by atoms with van der Waals surface area (Å²) in [4.78, 5) is 0. The highest BCUT2D eigenvalue weighted by molar-refractivity contribution is 7.91. The van der Waals surface area contributed by atoms with Gasteiger partial charge in [-0.3, -0.25) is 4.68 Å². The Kier molecular flexibility index (Phi) is 4.27. The van der Waals surface area contributed by atoms with Gasteiger partial charge in [0.05, 0.1) is 12.3 Å². The van der Waals surface area contributed by atoms with E-state index >= 15 is 0 Å². The van der Waals surface area contributed by atoms with E-state index < -0.39 is 9.84 Å². The van der Waals surface area contributed by atoms with Gasteiger partial charge in [0.25, 0.3) is 0 Å². The van der Waals surface area contributed by atoms with Crippen LogP contribution in [-0.4, -0.2) is 29.7 Å². The van der Waals surface area contributed by atoms with Crippen LogP contribution in [0.5, 0.6) is 0 Å². The van der Waals surface area contributed by atoms with Gasteiger partial charge in [0, 0.05) is 17.4 Å². The van der Waals surface area contributed by atoms with E-state index in [0.29, 0.717) is 17.1 Å². The molecule has 0 spiro atoms. The SMILES string of the molecule is CCS(=O)(=O)CCn1[nH]c(C2CCCC2)cc1=S. The summed E-state index contributed by atoms with van der Waals surface area (Å²) < 4.78 is 25.5. The predicted octanol–water partition coefficient (Wildman–Crippen LogP) is 2.64. The number of nitrogens with one attached hydrogen (secondary N) is 1. The molecule has 0 amide bonds. The Morgan fingerprint density at radius 1 is 1.44 bits per heavy atom. The fourth-order valence-electron chi connectivity index (χ4n) is 2.44. The predicted molar refractivity (Wildman–Crippen MR) is 75.2 cm³/mol. The van der Waals surface area contributed by atoms with E-state index in [1.807, 2.05) is 6.07 Å². The van der Waals surface area contributed by atoms with Crippen molar-refractivity contribution in [3.05, 3.63) is 16.4 Å². The quantitative estimate of drug-likeness (QED) is 0.847. The number of nitrogens with zero attached hydrogens (tertiary/aromatic N) is 1. The highest BCUT2D eigenvalue weighted by atomic mass is 32.2. The van der Waals surface area contributed by atoms with E-state index in [4.69, 9.17) is 12.2 Å². The molecule has 0 bridgehead atoms. The van der Waals surface area contributed by atoms with Crippen LogP contribution in [0.1, 0.15) is 44.2 Å². The van der Waals surface area contributed by atoms with Crippen molar-refractivity contribution in [2.75, 3.05) is 11.5 Å².